The van der Waals surface area contributed by atoms with Crippen molar-refractivity contribution in [3.63, 3.8) is 0 Å². The fraction of sp³-hybridized carbons (Fsp3) is 0.474. The average molecular weight is 344 g/mol. The van der Waals surface area contributed by atoms with Gasteiger partial charge >= 0.3 is 0 Å². The number of hydrogen-bond donors (Lipinski definition) is 4. The second-order valence-corrected chi connectivity index (χ2v) is 6.79. The molecule has 0 saturated carbocycles. The van der Waals surface area contributed by atoms with Gasteiger partial charge in [0.15, 0.2) is 0 Å². The number of hydrogen-bond acceptors (Lipinski definition) is 2. The summed E-state index contributed by atoms with van der Waals surface area (Å²) in [4.78, 5) is 30.8. The zero-order chi connectivity index (χ0) is 17.6. The number of piperazine rings is 1. The number of H-pyrrole nitrogens is 1. The Balaban J connectivity index is 1.43. The summed E-state index contributed by atoms with van der Waals surface area (Å²) in [6.07, 6.45) is 2.52. The van der Waals surface area contributed by atoms with Crippen LogP contribution in [0.15, 0.2) is 30.5 Å². The van der Waals surface area contributed by atoms with Gasteiger partial charge in [-0.05, 0) is 13.0 Å². The number of para-hydroxylation sites is 1. The van der Waals surface area contributed by atoms with Gasteiger partial charge in [0.25, 0.3) is 11.7 Å². The Morgan fingerprint density at radius 1 is 1.12 bits per heavy atom. The molecule has 25 heavy (non-hydrogen) atoms. The van der Waals surface area contributed by atoms with Crippen LogP contribution in [0.4, 0.5) is 0 Å². The maximum atomic E-state index is 12.3. The van der Waals surface area contributed by atoms with Crippen molar-refractivity contribution in [2.75, 3.05) is 45.8 Å². The summed E-state index contributed by atoms with van der Waals surface area (Å²) >= 11 is 0. The highest BCUT2D eigenvalue weighted by atomic mass is 16.2. The van der Waals surface area contributed by atoms with Crippen LogP contribution in [0.1, 0.15) is 23.7 Å². The largest absolute Gasteiger partial charge is 0.360 e. The zero-order valence-corrected chi connectivity index (χ0v) is 14.9. The molecule has 2 aromatic rings. The third-order valence-corrected chi connectivity index (χ3v) is 5.20. The van der Waals surface area contributed by atoms with Crippen molar-refractivity contribution in [1.82, 2.24) is 10.3 Å². The SMILES string of the molecule is CC[NH+]1CC[NH+](CCCNC(=O)C(=O)c2c[nH]c3ccccc23)CC1. The summed E-state index contributed by atoms with van der Waals surface area (Å²) in [5.41, 5.74) is 1.31. The first-order valence-corrected chi connectivity index (χ1v) is 9.24. The molecule has 134 valence electrons. The lowest BCUT2D eigenvalue weighted by Crippen LogP contribution is -3.28. The molecule has 1 aromatic heterocycles. The second kappa shape index (κ2) is 8.27. The minimum absolute atomic E-state index is 0.442. The number of likely N-dealkylation sites (N-methyl/N-ethyl adjacent to an activating group) is 1. The lowest BCUT2D eigenvalue weighted by atomic mass is 10.1. The first-order valence-electron chi connectivity index (χ1n) is 9.24. The summed E-state index contributed by atoms with van der Waals surface area (Å²) < 4.78 is 0. The second-order valence-electron chi connectivity index (χ2n) is 6.79. The smallest absolute Gasteiger partial charge is 0.292 e. The first-order chi connectivity index (χ1) is 12.2. The van der Waals surface area contributed by atoms with Crippen LogP contribution in [0.2, 0.25) is 0 Å². The molecule has 1 aromatic carbocycles. The molecule has 0 bridgehead atoms. The van der Waals surface area contributed by atoms with Crippen LogP contribution < -0.4 is 15.1 Å². The van der Waals surface area contributed by atoms with Crippen molar-refractivity contribution in [3.8, 4) is 0 Å². The molecule has 0 unspecified atom stereocenters. The number of Topliss-reactive ketones (excluding diaryl/α,β-unsaturated/α-hetero) is 1. The first kappa shape index (κ1) is 17.6. The van der Waals surface area contributed by atoms with Gasteiger partial charge in [-0.1, -0.05) is 18.2 Å². The van der Waals surface area contributed by atoms with E-state index in [1.165, 1.54) is 32.7 Å². The number of fused-ring (bicyclic) bond motifs is 1. The molecule has 1 fully saturated rings. The monoisotopic (exact) mass is 344 g/mol. The summed E-state index contributed by atoms with van der Waals surface area (Å²) in [7, 11) is 0. The Kier molecular flexibility index (Phi) is 5.83. The molecule has 0 aliphatic carbocycles. The van der Waals surface area contributed by atoms with Gasteiger partial charge in [-0.3, -0.25) is 9.59 Å². The highest BCUT2D eigenvalue weighted by Gasteiger charge is 2.22. The van der Waals surface area contributed by atoms with Gasteiger partial charge in [0.1, 0.15) is 26.2 Å². The zero-order valence-electron chi connectivity index (χ0n) is 14.9. The number of benzene rings is 1. The lowest BCUT2D eigenvalue weighted by Gasteiger charge is -2.28. The highest BCUT2D eigenvalue weighted by molar-refractivity contribution is 6.44. The average Bonchev–Trinajstić information content (AvgIpc) is 3.09. The lowest BCUT2D eigenvalue weighted by molar-refractivity contribution is -1.01. The number of aromatic amines is 1. The van der Waals surface area contributed by atoms with E-state index in [2.05, 4.69) is 17.2 Å². The maximum absolute atomic E-state index is 12.3. The van der Waals surface area contributed by atoms with Crippen LogP contribution in [0.3, 0.4) is 0 Å². The molecule has 0 radical (unpaired) electrons. The van der Waals surface area contributed by atoms with Crippen LogP contribution in [-0.4, -0.2) is 62.5 Å². The van der Waals surface area contributed by atoms with Crippen LogP contribution >= 0.6 is 0 Å². The minimum Gasteiger partial charge on any atom is -0.360 e. The van der Waals surface area contributed by atoms with Crippen molar-refractivity contribution in [1.29, 1.82) is 0 Å². The van der Waals surface area contributed by atoms with Crippen LogP contribution in [0.25, 0.3) is 10.9 Å². The summed E-state index contributed by atoms with van der Waals surface area (Å²) in [5, 5.41) is 3.57. The third kappa shape index (κ3) is 4.27. The standard InChI is InChI=1S/C19H26N4O2/c1-2-22-10-12-23(13-11-22)9-5-8-20-19(25)18(24)16-14-21-17-7-4-3-6-15(16)17/h3-4,6-7,14,21H,2,5,8-13H2,1H3,(H,20,25)/p+2. The van der Waals surface area contributed by atoms with Gasteiger partial charge in [0.05, 0.1) is 18.7 Å². The molecule has 0 spiro atoms. The summed E-state index contributed by atoms with van der Waals surface area (Å²) in [6, 6.07) is 7.52. The van der Waals surface area contributed by atoms with Gasteiger partial charge in [0.2, 0.25) is 0 Å². The number of ketones is 1. The summed E-state index contributed by atoms with van der Waals surface area (Å²) in [5.74, 6) is -0.982. The van der Waals surface area contributed by atoms with Gasteiger partial charge in [0, 0.05) is 30.1 Å². The van der Waals surface area contributed by atoms with E-state index < -0.39 is 11.7 Å². The Bertz CT molecular complexity index is 732. The molecule has 1 saturated heterocycles. The topological polar surface area (TPSA) is 70.8 Å². The molecule has 6 heteroatoms. The number of rotatable bonds is 7. The van der Waals surface area contributed by atoms with Gasteiger partial charge in [-0.15, -0.1) is 0 Å². The fourth-order valence-corrected chi connectivity index (χ4v) is 3.56. The molecular formula is C19H28N4O2+2. The van der Waals surface area contributed by atoms with E-state index in [4.69, 9.17) is 0 Å². The van der Waals surface area contributed by atoms with Crippen molar-refractivity contribution >= 4 is 22.6 Å². The maximum Gasteiger partial charge on any atom is 0.292 e. The number of carbonyl (C=O) groups excluding carboxylic acids is 2. The minimum atomic E-state index is -0.514. The molecular weight excluding hydrogens is 316 g/mol. The fourth-order valence-electron chi connectivity index (χ4n) is 3.56. The molecule has 3 rings (SSSR count). The number of aromatic nitrogens is 1. The van der Waals surface area contributed by atoms with E-state index in [9.17, 15) is 9.59 Å². The number of amides is 1. The number of quaternary nitrogens is 2. The molecule has 1 aliphatic rings. The molecule has 0 atom stereocenters. The predicted molar refractivity (Wildman–Crippen MR) is 97.1 cm³/mol. The van der Waals surface area contributed by atoms with Crippen molar-refractivity contribution in [3.05, 3.63) is 36.0 Å². The predicted octanol–water partition coefficient (Wildman–Crippen LogP) is -1.34. The number of nitrogens with one attached hydrogen (secondary N) is 4. The van der Waals surface area contributed by atoms with Gasteiger partial charge in [-0.2, -0.15) is 0 Å². The molecule has 1 amide bonds. The molecule has 2 heterocycles. The molecule has 1 aliphatic heterocycles. The van der Waals surface area contributed by atoms with Crippen LogP contribution in [-0.2, 0) is 4.79 Å². The van der Waals surface area contributed by atoms with Crippen molar-refractivity contribution < 1.29 is 19.4 Å². The Hall–Kier alpha value is -2.18. The molecule has 6 nitrogen and oxygen atoms in total. The van der Waals surface area contributed by atoms with E-state index >= 15 is 0 Å². The van der Waals surface area contributed by atoms with Crippen molar-refractivity contribution in [2.45, 2.75) is 13.3 Å². The third-order valence-electron chi connectivity index (χ3n) is 5.20. The van der Waals surface area contributed by atoms with Crippen LogP contribution in [0.5, 0.6) is 0 Å². The van der Waals surface area contributed by atoms with E-state index in [1.54, 1.807) is 16.0 Å². The van der Waals surface area contributed by atoms with Gasteiger partial charge in [-0.25, -0.2) is 0 Å². The Morgan fingerprint density at radius 3 is 2.60 bits per heavy atom. The highest BCUT2D eigenvalue weighted by Crippen LogP contribution is 2.17. The van der Waals surface area contributed by atoms with E-state index in [1.807, 2.05) is 24.3 Å². The van der Waals surface area contributed by atoms with Gasteiger partial charge < -0.3 is 20.1 Å². The van der Waals surface area contributed by atoms with E-state index in [0.717, 1.165) is 23.9 Å². The summed E-state index contributed by atoms with van der Waals surface area (Å²) in [6.45, 7) is 9.92. The Labute approximate surface area is 148 Å². The van der Waals surface area contributed by atoms with E-state index in [0.29, 0.717) is 12.1 Å². The quantitative estimate of drug-likeness (QED) is 0.285. The van der Waals surface area contributed by atoms with E-state index in [-0.39, 0.29) is 0 Å². The van der Waals surface area contributed by atoms with Crippen molar-refractivity contribution in [2.24, 2.45) is 0 Å². The molecule has 4 N–H and O–H groups in total. The normalized spacial score (nSPS) is 20.5. The Morgan fingerprint density at radius 2 is 1.84 bits per heavy atom. The number of carbonyl (C=O) groups is 2. The van der Waals surface area contributed by atoms with Crippen LogP contribution in [0, 0.1) is 0 Å².